The van der Waals surface area contributed by atoms with Crippen LogP contribution in [0, 0.1) is 17.3 Å². The van der Waals surface area contributed by atoms with Crippen LogP contribution in [-0.2, 0) is 9.59 Å². The molecule has 0 aromatic carbocycles. The Morgan fingerprint density at radius 2 is 2.18 bits per heavy atom. The number of aliphatic carboxylic acids is 1. The quantitative estimate of drug-likeness (QED) is 0.605. The lowest BCUT2D eigenvalue weighted by molar-refractivity contribution is -0.159. The van der Waals surface area contributed by atoms with Gasteiger partial charge in [-0.25, -0.2) is 0 Å². The van der Waals surface area contributed by atoms with E-state index in [1.54, 1.807) is 0 Å². The van der Waals surface area contributed by atoms with Crippen molar-refractivity contribution >= 4 is 12.3 Å². The van der Waals surface area contributed by atoms with Crippen molar-refractivity contribution in [2.75, 3.05) is 0 Å². The van der Waals surface area contributed by atoms with Crippen molar-refractivity contribution < 1.29 is 14.7 Å². The molecule has 0 bridgehead atoms. The largest absolute Gasteiger partial charge is 0.481 e. The molecule has 0 aromatic rings. The number of carboxylic acids is 1. The molecule has 0 radical (unpaired) electrons. The standard InChI is InChI=1S/C8H12O3/c1-8(2)5(4-9)3-6(8)7(10)11/h4-6H,3H2,1-2H3,(H,10,11). The molecule has 3 nitrogen and oxygen atoms in total. The fourth-order valence-corrected chi connectivity index (χ4v) is 1.61. The van der Waals surface area contributed by atoms with E-state index in [1.807, 2.05) is 13.8 Å². The molecule has 62 valence electrons. The van der Waals surface area contributed by atoms with E-state index in [0.717, 1.165) is 6.29 Å². The summed E-state index contributed by atoms with van der Waals surface area (Å²) >= 11 is 0. The van der Waals surface area contributed by atoms with Crippen molar-refractivity contribution in [2.24, 2.45) is 17.3 Å². The Bertz CT molecular complexity index is 196. The van der Waals surface area contributed by atoms with E-state index < -0.39 is 5.97 Å². The molecule has 1 aliphatic carbocycles. The number of rotatable bonds is 2. The summed E-state index contributed by atoms with van der Waals surface area (Å²) in [6, 6.07) is 0. The third kappa shape index (κ3) is 1.04. The van der Waals surface area contributed by atoms with Crippen molar-refractivity contribution in [1.29, 1.82) is 0 Å². The number of carbonyl (C=O) groups is 2. The van der Waals surface area contributed by atoms with Gasteiger partial charge in [-0.1, -0.05) is 13.8 Å². The van der Waals surface area contributed by atoms with Crippen LogP contribution < -0.4 is 0 Å². The van der Waals surface area contributed by atoms with Gasteiger partial charge in [0.15, 0.2) is 0 Å². The minimum atomic E-state index is -0.784. The number of carboxylic acid groups (broad SMARTS) is 1. The Hall–Kier alpha value is -0.860. The predicted octanol–water partition coefficient (Wildman–Crippen LogP) is 0.932. The van der Waals surface area contributed by atoms with Gasteiger partial charge in [-0.15, -0.1) is 0 Å². The van der Waals surface area contributed by atoms with Crippen molar-refractivity contribution in [3.05, 3.63) is 0 Å². The van der Waals surface area contributed by atoms with Crippen LogP contribution in [0.25, 0.3) is 0 Å². The minimum Gasteiger partial charge on any atom is -0.481 e. The van der Waals surface area contributed by atoms with Gasteiger partial charge in [-0.2, -0.15) is 0 Å². The molecule has 1 saturated carbocycles. The van der Waals surface area contributed by atoms with E-state index in [2.05, 4.69) is 0 Å². The maximum Gasteiger partial charge on any atom is 0.307 e. The van der Waals surface area contributed by atoms with Gasteiger partial charge in [0.1, 0.15) is 6.29 Å². The summed E-state index contributed by atoms with van der Waals surface area (Å²) in [4.78, 5) is 20.9. The Kier molecular flexibility index (Phi) is 1.74. The summed E-state index contributed by atoms with van der Waals surface area (Å²) in [6.45, 7) is 3.66. The van der Waals surface area contributed by atoms with Crippen molar-refractivity contribution in [1.82, 2.24) is 0 Å². The van der Waals surface area contributed by atoms with Crippen molar-refractivity contribution in [3.8, 4) is 0 Å². The maximum atomic E-state index is 10.5. The smallest absolute Gasteiger partial charge is 0.307 e. The average Bonchev–Trinajstić information content (AvgIpc) is 1.85. The molecule has 1 N–H and O–H groups in total. The van der Waals surface area contributed by atoms with Gasteiger partial charge in [-0.3, -0.25) is 4.79 Å². The van der Waals surface area contributed by atoms with E-state index in [-0.39, 0.29) is 17.3 Å². The zero-order valence-corrected chi connectivity index (χ0v) is 6.70. The van der Waals surface area contributed by atoms with E-state index in [4.69, 9.17) is 5.11 Å². The van der Waals surface area contributed by atoms with Crippen LogP contribution in [-0.4, -0.2) is 17.4 Å². The number of aldehydes is 1. The van der Waals surface area contributed by atoms with E-state index in [0.29, 0.717) is 6.42 Å². The molecule has 0 aliphatic heterocycles. The highest BCUT2D eigenvalue weighted by atomic mass is 16.4. The van der Waals surface area contributed by atoms with Crippen LogP contribution in [0.5, 0.6) is 0 Å². The molecule has 0 saturated heterocycles. The van der Waals surface area contributed by atoms with Crippen LogP contribution in [0.1, 0.15) is 20.3 Å². The van der Waals surface area contributed by atoms with Crippen LogP contribution in [0.3, 0.4) is 0 Å². The topological polar surface area (TPSA) is 54.4 Å². The van der Waals surface area contributed by atoms with Gasteiger partial charge in [0.05, 0.1) is 5.92 Å². The minimum absolute atomic E-state index is 0.0661. The second-order valence-electron chi connectivity index (χ2n) is 3.69. The fraction of sp³-hybridized carbons (Fsp3) is 0.750. The lowest BCUT2D eigenvalue weighted by Gasteiger charge is -2.47. The molecule has 0 aromatic heterocycles. The van der Waals surface area contributed by atoms with Crippen molar-refractivity contribution in [3.63, 3.8) is 0 Å². The SMILES string of the molecule is CC1(C)C(C=O)CC1C(=O)O. The molecule has 0 spiro atoms. The molecule has 1 fully saturated rings. The molecule has 1 aliphatic rings. The summed E-state index contributed by atoms with van der Waals surface area (Å²) in [6.07, 6.45) is 1.37. The predicted molar refractivity (Wildman–Crippen MR) is 39.1 cm³/mol. The first-order valence-corrected chi connectivity index (χ1v) is 3.68. The van der Waals surface area contributed by atoms with Crippen LogP contribution in [0.4, 0.5) is 0 Å². The summed E-state index contributed by atoms with van der Waals surface area (Å²) < 4.78 is 0. The molecule has 3 heteroatoms. The Morgan fingerprint density at radius 3 is 2.45 bits per heavy atom. The fourth-order valence-electron chi connectivity index (χ4n) is 1.61. The first-order valence-electron chi connectivity index (χ1n) is 3.68. The molecular formula is C8H12O3. The van der Waals surface area contributed by atoms with Crippen LogP contribution in [0.15, 0.2) is 0 Å². The third-order valence-electron chi connectivity index (χ3n) is 2.81. The molecule has 1 rings (SSSR count). The Labute approximate surface area is 65.4 Å². The summed E-state index contributed by atoms with van der Waals surface area (Å²) in [5.41, 5.74) is -0.340. The highest BCUT2D eigenvalue weighted by Gasteiger charge is 2.51. The van der Waals surface area contributed by atoms with Gasteiger partial charge < -0.3 is 9.90 Å². The van der Waals surface area contributed by atoms with Gasteiger partial charge in [0, 0.05) is 5.92 Å². The Morgan fingerprint density at radius 1 is 1.64 bits per heavy atom. The molecule has 0 heterocycles. The Balaban J connectivity index is 2.68. The summed E-state index contributed by atoms with van der Waals surface area (Å²) in [7, 11) is 0. The summed E-state index contributed by atoms with van der Waals surface area (Å²) in [5, 5.41) is 8.67. The third-order valence-corrected chi connectivity index (χ3v) is 2.81. The van der Waals surface area contributed by atoms with Crippen LogP contribution >= 0.6 is 0 Å². The monoisotopic (exact) mass is 156 g/mol. The zero-order chi connectivity index (χ0) is 8.65. The number of carbonyl (C=O) groups excluding carboxylic acids is 1. The lowest BCUT2D eigenvalue weighted by atomic mass is 9.55. The first kappa shape index (κ1) is 8.24. The zero-order valence-electron chi connectivity index (χ0n) is 6.70. The number of hydrogen-bond donors (Lipinski definition) is 1. The molecule has 2 unspecified atom stereocenters. The van der Waals surface area contributed by atoms with E-state index in [9.17, 15) is 9.59 Å². The van der Waals surface area contributed by atoms with Crippen molar-refractivity contribution in [2.45, 2.75) is 20.3 Å². The van der Waals surface area contributed by atoms with Gasteiger partial charge >= 0.3 is 5.97 Å². The highest BCUT2D eigenvalue weighted by Crippen LogP contribution is 2.50. The normalized spacial score (nSPS) is 34.0. The second-order valence-corrected chi connectivity index (χ2v) is 3.69. The van der Waals surface area contributed by atoms with Gasteiger partial charge in [0.25, 0.3) is 0 Å². The highest BCUT2D eigenvalue weighted by molar-refractivity contribution is 5.75. The number of hydrogen-bond acceptors (Lipinski definition) is 2. The second kappa shape index (κ2) is 2.32. The van der Waals surface area contributed by atoms with E-state index >= 15 is 0 Å². The first-order chi connectivity index (χ1) is 5.00. The van der Waals surface area contributed by atoms with E-state index in [1.165, 1.54) is 0 Å². The van der Waals surface area contributed by atoms with Crippen LogP contribution in [0.2, 0.25) is 0 Å². The molecule has 0 amide bonds. The summed E-state index contributed by atoms with van der Waals surface area (Å²) in [5.74, 6) is -1.19. The van der Waals surface area contributed by atoms with Gasteiger partial charge in [-0.05, 0) is 11.8 Å². The molecular weight excluding hydrogens is 144 g/mol. The maximum absolute atomic E-state index is 10.5. The molecule has 11 heavy (non-hydrogen) atoms. The van der Waals surface area contributed by atoms with Gasteiger partial charge in [0.2, 0.25) is 0 Å². The average molecular weight is 156 g/mol. The molecule has 2 atom stereocenters. The lowest BCUT2D eigenvalue weighted by Crippen LogP contribution is -2.49.